The molecule has 8 heteroatoms. The Kier molecular flexibility index (Phi) is 6.71. The lowest BCUT2D eigenvalue weighted by atomic mass is 9.99. The van der Waals surface area contributed by atoms with Gasteiger partial charge in [-0.2, -0.15) is 0 Å². The molecule has 0 aromatic rings. The Morgan fingerprint density at radius 1 is 1.30 bits per heavy atom. The second-order valence-corrected chi connectivity index (χ2v) is 7.26. The van der Waals surface area contributed by atoms with Crippen molar-refractivity contribution in [2.75, 3.05) is 31.9 Å². The molecule has 6 nitrogen and oxygen atoms in total. The van der Waals surface area contributed by atoms with Crippen LogP contribution in [0.3, 0.4) is 0 Å². The van der Waals surface area contributed by atoms with Crippen LogP contribution in [0.4, 0.5) is 0 Å². The lowest BCUT2D eigenvalue weighted by molar-refractivity contribution is -0.138. The Morgan fingerprint density at radius 3 is 2.35 bits per heavy atom. The van der Waals surface area contributed by atoms with Crippen LogP contribution in [0.2, 0.25) is 0 Å². The van der Waals surface area contributed by atoms with Gasteiger partial charge in [0.2, 0.25) is 15.9 Å². The largest absolute Gasteiger partial charge is 0.342 e. The predicted molar refractivity (Wildman–Crippen MR) is 80.4 cm³/mol. The maximum Gasteiger partial charge on any atom is 0.228 e. The zero-order valence-corrected chi connectivity index (χ0v) is 13.4. The first-order valence-corrected chi connectivity index (χ1v) is 8.66. The lowest BCUT2D eigenvalue weighted by Gasteiger charge is -2.37. The second-order valence-electron chi connectivity index (χ2n) is 5.39. The monoisotopic (exact) mass is 325 g/mol. The number of rotatable bonds is 5. The summed E-state index contributed by atoms with van der Waals surface area (Å²) in [5, 5.41) is 3.10. The van der Waals surface area contributed by atoms with Crippen LogP contribution in [0.1, 0.15) is 26.2 Å². The van der Waals surface area contributed by atoms with Gasteiger partial charge in [-0.05, 0) is 19.3 Å². The van der Waals surface area contributed by atoms with Crippen molar-refractivity contribution in [2.24, 2.45) is 5.92 Å². The molecule has 1 amide bonds. The Hall–Kier alpha value is -0.370. The number of halogens is 1. The van der Waals surface area contributed by atoms with Gasteiger partial charge in [0.1, 0.15) is 0 Å². The number of carbonyl (C=O) groups excluding carboxylic acids is 1. The van der Waals surface area contributed by atoms with Crippen molar-refractivity contribution in [3.8, 4) is 0 Å². The molecule has 0 aromatic carbocycles. The molecule has 0 spiro atoms. The van der Waals surface area contributed by atoms with Gasteiger partial charge in [-0.25, -0.2) is 13.1 Å². The van der Waals surface area contributed by atoms with Gasteiger partial charge in [-0.3, -0.25) is 4.79 Å². The average Bonchev–Trinajstić information content (AvgIpc) is 2.26. The van der Waals surface area contributed by atoms with Gasteiger partial charge in [0.25, 0.3) is 0 Å². The molecule has 0 saturated carbocycles. The molecule has 2 heterocycles. The molecule has 0 aliphatic carbocycles. The number of nitrogens with zero attached hydrogens (tertiary/aromatic N) is 1. The smallest absolute Gasteiger partial charge is 0.228 e. The summed E-state index contributed by atoms with van der Waals surface area (Å²) in [4.78, 5) is 13.9. The number of nitrogens with one attached hydrogen (secondary N) is 2. The first-order chi connectivity index (χ1) is 9.02. The van der Waals surface area contributed by atoms with Crippen LogP contribution in [-0.2, 0) is 14.8 Å². The number of piperidine rings is 1. The molecule has 0 radical (unpaired) electrons. The van der Waals surface area contributed by atoms with E-state index in [1.54, 1.807) is 0 Å². The predicted octanol–water partition coefficient (Wildman–Crippen LogP) is -0.0520. The van der Waals surface area contributed by atoms with Crippen LogP contribution in [0.15, 0.2) is 0 Å². The van der Waals surface area contributed by atoms with E-state index >= 15 is 0 Å². The number of hydrogen-bond donors (Lipinski definition) is 2. The van der Waals surface area contributed by atoms with E-state index in [0.29, 0.717) is 19.5 Å². The van der Waals surface area contributed by atoms with E-state index in [1.807, 2.05) is 11.8 Å². The van der Waals surface area contributed by atoms with E-state index < -0.39 is 10.0 Å². The zero-order chi connectivity index (χ0) is 13.9. The molecule has 0 unspecified atom stereocenters. The Balaban J connectivity index is 0.00000200. The highest BCUT2D eigenvalue weighted by Gasteiger charge is 2.32. The normalized spacial score (nSPS) is 21.1. The molecule has 20 heavy (non-hydrogen) atoms. The van der Waals surface area contributed by atoms with Gasteiger partial charge < -0.3 is 10.2 Å². The van der Waals surface area contributed by atoms with Crippen LogP contribution in [0.25, 0.3) is 0 Å². The first-order valence-electron chi connectivity index (χ1n) is 7.01. The topological polar surface area (TPSA) is 78.5 Å². The molecule has 0 atom stereocenters. The Bertz CT molecular complexity index is 418. The third-order valence-electron chi connectivity index (χ3n) is 3.76. The number of hydrogen-bond acceptors (Lipinski definition) is 4. The maximum absolute atomic E-state index is 12.0. The Morgan fingerprint density at radius 2 is 1.90 bits per heavy atom. The summed E-state index contributed by atoms with van der Waals surface area (Å²) < 4.78 is 26.1. The lowest BCUT2D eigenvalue weighted by Crippen LogP contribution is -2.55. The highest BCUT2D eigenvalue weighted by atomic mass is 35.5. The third-order valence-corrected chi connectivity index (χ3v) is 5.39. The van der Waals surface area contributed by atoms with Crippen LogP contribution >= 0.6 is 12.4 Å². The van der Waals surface area contributed by atoms with Gasteiger partial charge >= 0.3 is 0 Å². The van der Waals surface area contributed by atoms with Crippen LogP contribution < -0.4 is 10.0 Å². The maximum atomic E-state index is 12.0. The number of likely N-dealkylation sites (tertiary alicyclic amines) is 1. The summed E-state index contributed by atoms with van der Waals surface area (Å²) in [5.41, 5.74) is 0. The van der Waals surface area contributed by atoms with E-state index in [2.05, 4.69) is 10.0 Å². The number of carbonyl (C=O) groups is 1. The molecular formula is C12H24ClN3O3S. The van der Waals surface area contributed by atoms with Gasteiger partial charge in [-0.15, -0.1) is 12.4 Å². The zero-order valence-electron chi connectivity index (χ0n) is 11.8. The van der Waals surface area contributed by atoms with Crippen molar-refractivity contribution < 1.29 is 13.2 Å². The minimum Gasteiger partial charge on any atom is -0.342 e. The van der Waals surface area contributed by atoms with E-state index in [4.69, 9.17) is 0 Å². The summed E-state index contributed by atoms with van der Waals surface area (Å²) in [5.74, 6) is 0.529. The van der Waals surface area contributed by atoms with Crippen molar-refractivity contribution in [3.63, 3.8) is 0 Å². The van der Waals surface area contributed by atoms with Crippen molar-refractivity contribution in [2.45, 2.75) is 32.2 Å². The van der Waals surface area contributed by atoms with Gasteiger partial charge in [0.15, 0.2) is 0 Å². The van der Waals surface area contributed by atoms with Gasteiger partial charge in [0, 0.05) is 32.2 Å². The SMILES string of the molecule is CCCS(=O)(=O)NC1CCN(C(=O)C2CNC2)CC1.Cl. The molecular weight excluding hydrogens is 302 g/mol. The Labute approximate surface area is 127 Å². The van der Waals surface area contributed by atoms with E-state index in [1.165, 1.54) is 0 Å². The molecule has 2 aliphatic rings. The third kappa shape index (κ3) is 4.58. The molecule has 0 bridgehead atoms. The fourth-order valence-electron chi connectivity index (χ4n) is 2.52. The van der Waals surface area contributed by atoms with Crippen molar-refractivity contribution in [3.05, 3.63) is 0 Å². The molecule has 2 rings (SSSR count). The number of amides is 1. The summed E-state index contributed by atoms with van der Waals surface area (Å²) in [6.45, 7) is 4.74. The minimum absolute atomic E-state index is 0. The summed E-state index contributed by atoms with van der Waals surface area (Å²) in [6.07, 6.45) is 2.06. The van der Waals surface area contributed by atoms with E-state index in [0.717, 1.165) is 25.9 Å². The molecule has 2 N–H and O–H groups in total. The average molecular weight is 326 g/mol. The van der Waals surface area contributed by atoms with Crippen LogP contribution in [0, 0.1) is 5.92 Å². The quantitative estimate of drug-likeness (QED) is 0.743. The molecule has 2 fully saturated rings. The molecule has 118 valence electrons. The first kappa shape index (κ1) is 17.7. The number of sulfonamides is 1. The summed E-state index contributed by atoms with van der Waals surface area (Å²) in [6, 6.07) is -0.0138. The standard InChI is InChI=1S/C12H23N3O3S.ClH/c1-2-7-19(17,18)14-11-3-5-15(6-4-11)12(16)10-8-13-9-10;/h10-11,13-14H,2-9H2,1H3;1H. The second kappa shape index (κ2) is 7.59. The minimum atomic E-state index is -3.14. The fraction of sp³-hybridized carbons (Fsp3) is 0.917. The van der Waals surface area contributed by atoms with Crippen molar-refractivity contribution in [1.82, 2.24) is 14.9 Å². The van der Waals surface area contributed by atoms with Crippen molar-refractivity contribution >= 4 is 28.3 Å². The van der Waals surface area contributed by atoms with E-state index in [9.17, 15) is 13.2 Å². The van der Waals surface area contributed by atoms with E-state index in [-0.39, 0.29) is 36.0 Å². The summed E-state index contributed by atoms with van der Waals surface area (Å²) in [7, 11) is -3.14. The van der Waals surface area contributed by atoms with Crippen LogP contribution in [0.5, 0.6) is 0 Å². The van der Waals surface area contributed by atoms with Crippen molar-refractivity contribution in [1.29, 1.82) is 0 Å². The van der Waals surface area contributed by atoms with Gasteiger partial charge in [-0.1, -0.05) is 6.92 Å². The summed E-state index contributed by atoms with van der Waals surface area (Å²) >= 11 is 0. The molecule has 2 saturated heterocycles. The van der Waals surface area contributed by atoms with Crippen LogP contribution in [-0.4, -0.2) is 57.2 Å². The molecule has 2 aliphatic heterocycles. The fourth-order valence-corrected chi connectivity index (χ4v) is 3.92. The highest BCUT2D eigenvalue weighted by molar-refractivity contribution is 7.89. The van der Waals surface area contributed by atoms with Gasteiger partial charge in [0.05, 0.1) is 11.7 Å². The molecule has 0 aromatic heterocycles. The highest BCUT2D eigenvalue weighted by Crippen LogP contribution is 2.16.